The lowest BCUT2D eigenvalue weighted by Crippen LogP contribution is -2.18. The normalized spacial score (nSPS) is 23.9. The highest BCUT2D eigenvalue weighted by Crippen LogP contribution is 2.38. The molecule has 0 radical (unpaired) electrons. The molecule has 0 spiro atoms. The third-order valence-corrected chi connectivity index (χ3v) is 3.45. The number of ether oxygens (including phenoxy) is 4. The number of rotatable bonds is 4. The summed E-state index contributed by atoms with van der Waals surface area (Å²) in [5.41, 5.74) is 0.0697. The van der Waals surface area contributed by atoms with Gasteiger partial charge in [0.25, 0.3) is 0 Å². The van der Waals surface area contributed by atoms with E-state index in [0.29, 0.717) is 18.1 Å². The zero-order valence-corrected chi connectivity index (χ0v) is 11.1. The van der Waals surface area contributed by atoms with Gasteiger partial charge in [0.15, 0.2) is 11.5 Å². The van der Waals surface area contributed by atoms with E-state index in [-0.39, 0.29) is 30.3 Å². The van der Waals surface area contributed by atoms with Crippen molar-refractivity contribution in [2.45, 2.75) is 32.0 Å². The van der Waals surface area contributed by atoms with Crippen molar-refractivity contribution >= 4 is 5.97 Å². The van der Waals surface area contributed by atoms with Crippen LogP contribution in [0.2, 0.25) is 0 Å². The fourth-order valence-corrected chi connectivity index (χ4v) is 2.40. The molecule has 0 aliphatic carbocycles. The molecule has 1 saturated heterocycles. The first kappa shape index (κ1) is 13.1. The van der Waals surface area contributed by atoms with Crippen LogP contribution >= 0.6 is 0 Å². The van der Waals surface area contributed by atoms with E-state index >= 15 is 0 Å². The Kier molecular flexibility index (Phi) is 3.40. The quantitative estimate of drug-likeness (QED) is 0.910. The summed E-state index contributed by atoms with van der Waals surface area (Å²) < 4.78 is 21.7. The molecule has 6 nitrogen and oxygen atoms in total. The molecule has 2 aliphatic rings. The zero-order chi connectivity index (χ0) is 14.1. The van der Waals surface area contributed by atoms with Crippen LogP contribution in [0, 0.1) is 0 Å². The van der Waals surface area contributed by atoms with Crippen LogP contribution in [0.25, 0.3) is 0 Å². The Morgan fingerprint density at radius 1 is 1.35 bits per heavy atom. The van der Waals surface area contributed by atoms with Crippen molar-refractivity contribution in [3.05, 3.63) is 17.7 Å². The molecule has 6 heteroatoms. The minimum Gasteiger partial charge on any atom is -0.490 e. The Morgan fingerprint density at radius 3 is 2.75 bits per heavy atom. The molecule has 1 aromatic rings. The fourth-order valence-electron chi connectivity index (χ4n) is 2.40. The van der Waals surface area contributed by atoms with Gasteiger partial charge >= 0.3 is 5.97 Å². The lowest BCUT2D eigenvalue weighted by atomic mass is 10.1. The van der Waals surface area contributed by atoms with Crippen LogP contribution in [0.15, 0.2) is 12.1 Å². The van der Waals surface area contributed by atoms with Gasteiger partial charge in [-0.3, -0.25) is 0 Å². The van der Waals surface area contributed by atoms with Crippen molar-refractivity contribution in [2.24, 2.45) is 0 Å². The summed E-state index contributed by atoms with van der Waals surface area (Å²) in [7, 11) is 0. The van der Waals surface area contributed by atoms with Gasteiger partial charge in [-0.05, 0) is 19.8 Å². The molecule has 3 rings (SSSR count). The van der Waals surface area contributed by atoms with E-state index in [4.69, 9.17) is 18.9 Å². The monoisotopic (exact) mass is 280 g/mol. The molecule has 0 saturated carbocycles. The van der Waals surface area contributed by atoms with Crippen molar-refractivity contribution in [1.29, 1.82) is 0 Å². The SMILES string of the molecule is CC1CCC(COc2cc3c(cc2C(=O)O)OCO3)O1. The van der Waals surface area contributed by atoms with Gasteiger partial charge in [-0.2, -0.15) is 0 Å². The van der Waals surface area contributed by atoms with Gasteiger partial charge in [0, 0.05) is 12.1 Å². The third kappa shape index (κ3) is 2.51. The minimum atomic E-state index is -1.06. The van der Waals surface area contributed by atoms with E-state index in [1.165, 1.54) is 6.07 Å². The molecule has 0 amide bonds. The highest BCUT2D eigenvalue weighted by atomic mass is 16.7. The van der Waals surface area contributed by atoms with Crippen molar-refractivity contribution in [3.8, 4) is 17.2 Å². The molecule has 108 valence electrons. The summed E-state index contributed by atoms with van der Waals surface area (Å²) >= 11 is 0. The first-order valence-electron chi connectivity index (χ1n) is 6.58. The molecule has 0 aromatic heterocycles. The molecule has 2 unspecified atom stereocenters. The van der Waals surface area contributed by atoms with Gasteiger partial charge < -0.3 is 24.1 Å². The average molecular weight is 280 g/mol. The predicted molar refractivity (Wildman–Crippen MR) is 68.6 cm³/mol. The largest absolute Gasteiger partial charge is 0.490 e. The minimum absolute atomic E-state index is 0.0112. The van der Waals surface area contributed by atoms with Crippen molar-refractivity contribution in [3.63, 3.8) is 0 Å². The molecule has 1 fully saturated rings. The molecule has 2 atom stereocenters. The Balaban J connectivity index is 1.76. The second-order valence-electron chi connectivity index (χ2n) is 4.96. The molecule has 20 heavy (non-hydrogen) atoms. The Labute approximate surface area is 116 Å². The molecule has 0 bridgehead atoms. The first-order chi connectivity index (χ1) is 9.63. The summed E-state index contributed by atoms with van der Waals surface area (Å²) in [6.07, 6.45) is 2.17. The zero-order valence-electron chi connectivity index (χ0n) is 11.1. The smallest absolute Gasteiger partial charge is 0.339 e. The number of carboxylic acids is 1. The number of carbonyl (C=O) groups is 1. The topological polar surface area (TPSA) is 74.2 Å². The van der Waals surface area contributed by atoms with Crippen LogP contribution < -0.4 is 14.2 Å². The number of aromatic carboxylic acids is 1. The second kappa shape index (κ2) is 5.20. The van der Waals surface area contributed by atoms with Gasteiger partial charge in [0.2, 0.25) is 6.79 Å². The van der Waals surface area contributed by atoms with Crippen LogP contribution in [0.5, 0.6) is 17.2 Å². The predicted octanol–water partition coefficient (Wildman–Crippen LogP) is 2.06. The van der Waals surface area contributed by atoms with Crippen LogP contribution in [0.4, 0.5) is 0 Å². The van der Waals surface area contributed by atoms with Gasteiger partial charge in [0.05, 0.1) is 12.2 Å². The van der Waals surface area contributed by atoms with E-state index in [0.717, 1.165) is 12.8 Å². The maximum Gasteiger partial charge on any atom is 0.339 e. The Bertz CT molecular complexity index is 527. The van der Waals surface area contributed by atoms with E-state index in [9.17, 15) is 9.90 Å². The van der Waals surface area contributed by atoms with Gasteiger partial charge in [-0.25, -0.2) is 4.79 Å². The van der Waals surface area contributed by atoms with Crippen LogP contribution in [-0.4, -0.2) is 36.7 Å². The van der Waals surface area contributed by atoms with Crippen molar-refractivity contribution < 1.29 is 28.8 Å². The lowest BCUT2D eigenvalue weighted by molar-refractivity contribution is 0.0258. The Morgan fingerprint density at radius 2 is 2.10 bits per heavy atom. The number of hydrogen-bond acceptors (Lipinski definition) is 5. The molecule has 2 heterocycles. The number of hydrogen-bond donors (Lipinski definition) is 1. The summed E-state index contributed by atoms with van der Waals surface area (Å²) in [4.78, 5) is 11.3. The number of benzene rings is 1. The lowest BCUT2D eigenvalue weighted by Gasteiger charge is -2.14. The summed E-state index contributed by atoms with van der Waals surface area (Å²) in [5, 5.41) is 9.22. The maximum absolute atomic E-state index is 11.3. The molecule has 2 aliphatic heterocycles. The highest BCUT2D eigenvalue weighted by Gasteiger charge is 2.25. The van der Waals surface area contributed by atoms with Gasteiger partial charge in [-0.1, -0.05) is 0 Å². The van der Waals surface area contributed by atoms with Gasteiger partial charge in [-0.15, -0.1) is 0 Å². The molecule has 1 aromatic carbocycles. The first-order valence-corrected chi connectivity index (χ1v) is 6.58. The third-order valence-electron chi connectivity index (χ3n) is 3.45. The maximum atomic E-state index is 11.3. The molecule has 1 N–H and O–H groups in total. The van der Waals surface area contributed by atoms with Crippen LogP contribution in [-0.2, 0) is 4.74 Å². The standard InChI is InChI=1S/C14H16O6/c1-8-2-3-9(20-8)6-17-11-5-13-12(18-7-19-13)4-10(11)14(15)16/h4-5,8-9H,2-3,6-7H2,1H3,(H,15,16). The van der Waals surface area contributed by atoms with E-state index in [1.54, 1.807) is 6.07 Å². The van der Waals surface area contributed by atoms with E-state index in [2.05, 4.69) is 0 Å². The van der Waals surface area contributed by atoms with Crippen molar-refractivity contribution in [2.75, 3.05) is 13.4 Å². The summed E-state index contributed by atoms with van der Waals surface area (Å²) in [5.74, 6) is 0.162. The van der Waals surface area contributed by atoms with Crippen molar-refractivity contribution in [1.82, 2.24) is 0 Å². The second-order valence-corrected chi connectivity index (χ2v) is 4.96. The highest BCUT2D eigenvalue weighted by molar-refractivity contribution is 5.92. The van der Waals surface area contributed by atoms with Gasteiger partial charge in [0.1, 0.15) is 17.9 Å². The van der Waals surface area contributed by atoms with E-state index < -0.39 is 5.97 Å². The molecular formula is C14H16O6. The summed E-state index contributed by atoms with van der Waals surface area (Å²) in [6.45, 7) is 2.45. The molecular weight excluding hydrogens is 264 g/mol. The fraction of sp³-hybridized carbons (Fsp3) is 0.500. The Hall–Kier alpha value is -1.95. The average Bonchev–Trinajstić information content (AvgIpc) is 3.03. The summed E-state index contributed by atoms with van der Waals surface area (Å²) in [6, 6.07) is 2.99. The number of fused-ring (bicyclic) bond motifs is 1. The van der Waals surface area contributed by atoms with Crippen LogP contribution in [0.1, 0.15) is 30.1 Å². The number of carboxylic acid groups (broad SMARTS) is 1. The van der Waals surface area contributed by atoms with E-state index in [1.807, 2.05) is 6.92 Å². The van der Waals surface area contributed by atoms with Crippen LogP contribution in [0.3, 0.4) is 0 Å².